The Kier molecular flexibility index (Phi) is 21.1. The normalized spacial score (nSPS) is 12.6. The molecule has 0 aliphatic carbocycles. The van der Waals surface area contributed by atoms with Gasteiger partial charge in [-0.05, 0) is 114 Å². The molecule has 0 aromatic heterocycles. The highest BCUT2D eigenvalue weighted by atomic mass is 16.4. The van der Waals surface area contributed by atoms with Crippen LogP contribution in [0.4, 0.5) is 11.4 Å². The summed E-state index contributed by atoms with van der Waals surface area (Å²) in [6, 6.07) is 13.6. The summed E-state index contributed by atoms with van der Waals surface area (Å²) in [5.41, 5.74) is 7.66. The molecular weight excluding hydrogens is 603 g/mol. The number of hydrogen-bond acceptors (Lipinski definition) is 3. The number of carboxylic acids is 1. The quantitative estimate of drug-likeness (QED) is 0.139. The number of hydrogen-bond donors (Lipinski definition) is 0. The number of anilines is 2. The lowest BCUT2D eigenvalue weighted by molar-refractivity contribution is -0.921. The number of carbonyl (C=O) groups is 1. The number of carbonyl (C=O) groups excluding carboxylic acids is 1. The summed E-state index contributed by atoms with van der Waals surface area (Å²) in [4.78, 5) is 13.5. The molecule has 0 unspecified atom stereocenters. The molecule has 0 radical (unpaired) electrons. The molecule has 49 heavy (non-hydrogen) atoms. The lowest BCUT2D eigenvalue weighted by atomic mass is 9.88. The van der Waals surface area contributed by atoms with Gasteiger partial charge in [-0.25, -0.2) is 0 Å². The van der Waals surface area contributed by atoms with Crippen LogP contribution < -0.4 is 10.0 Å². The van der Waals surface area contributed by atoms with Crippen molar-refractivity contribution in [2.24, 2.45) is 11.8 Å². The minimum Gasteiger partial charge on any atom is -0.550 e. The van der Waals surface area contributed by atoms with Gasteiger partial charge >= 0.3 is 0 Å². The van der Waals surface area contributed by atoms with E-state index < -0.39 is 5.97 Å². The third-order valence-electron chi connectivity index (χ3n) is 12.5. The van der Waals surface area contributed by atoms with Gasteiger partial charge in [-0.3, -0.25) is 0 Å². The SMILES string of the molecule is CCC(CC)Cc1ccc2c(c1)Cc1ccc(CC(CC)CC)cc1N2CCC(=O)[O-].CC[N+](CC)(CC)CC.CC[N+](CC)(CC)CC. The predicted octanol–water partition coefficient (Wildman–Crippen LogP) is 9.59. The van der Waals surface area contributed by atoms with Gasteiger partial charge in [-0.1, -0.05) is 77.6 Å². The van der Waals surface area contributed by atoms with E-state index in [2.05, 4.69) is 124 Å². The van der Waals surface area contributed by atoms with Crippen LogP contribution in [0, 0.1) is 11.8 Å². The van der Waals surface area contributed by atoms with E-state index in [0.717, 1.165) is 30.9 Å². The summed E-state index contributed by atoms with van der Waals surface area (Å²) in [6.45, 7) is 37.9. The molecule has 0 N–H and O–H groups in total. The van der Waals surface area contributed by atoms with E-state index in [1.807, 2.05) is 0 Å². The van der Waals surface area contributed by atoms with Crippen LogP contribution in [0.3, 0.4) is 0 Å². The third-order valence-corrected chi connectivity index (χ3v) is 12.5. The summed E-state index contributed by atoms with van der Waals surface area (Å²) >= 11 is 0. The monoisotopic (exact) mass is 681 g/mol. The molecule has 0 atom stereocenters. The maximum Gasteiger partial charge on any atom is 0.0757 e. The molecule has 1 aliphatic heterocycles. The Hall–Kier alpha value is -2.37. The number of fused-ring (bicyclic) bond motifs is 2. The molecule has 3 rings (SSSR count). The molecule has 280 valence electrons. The van der Waals surface area contributed by atoms with Crippen molar-refractivity contribution in [3.63, 3.8) is 0 Å². The summed E-state index contributed by atoms with van der Waals surface area (Å²) in [6.07, 6.45) is 7.91. The van der Waals surface area contributed by atoms with Crippen molar-refractivity contribution < 1.29 is 18.9 Å². The average Bonchev–Trinajstić information content (AvgIpc) is 3.14. The zero-order valence-electron chi connectivity index (χ0n) is 34.3. The molecule has 5 heteroatoms. The number of aliphatic carboxylic acids is 1. The lowest BCUT2D eigenvalue weighted by Crippen LogP contribution is -2.47. The van der Waals surface area contributed by atoms with Crippen LogP contribution in [0.5, 0.6) is 0 Å². The molecule has 0 saturated heterocycles. The molecule has 0 saturated carbocycles. The third kappa shape index (κ3) is 13.4. The first kappa shape index (κ1) is 44.7. The minimum atomic E-state index is -0.993. The first-order valence-corrected chi connectivity index (χ1v) is 20.4. The molecule has 1 heterocycles. The topological polar surface area (TPSA) is 43.4 Å². The van der Waals surface area contributed by atoms with Crippen LogP contribution in [0.25, 0.3) is 0 Å². The van der Waals surface area contributed by atoms with E-state index in [-0.39, 0.29) is 6.42 Å². The van der Waals surface area contributed by atoms with E-state index in [1.165, 1.54) is 115 Å². The van der Waals surface area contributed by atoms with Gasteiger partial charge in [-0.15, -0.1) is 0 Å². The molecule has 1 aliphatic rings. The van der Waals surface area contributed by atoms with Gasteiger partial charge in [0.05, 0.1) is 52.4 Å². The van der Waals surface area contributed by atoms with Gasteiger partial charge in [0.1, 0.15) is 0 Å². The first-order chi connectivity index (χ1) is 23.5. The van der Waals surface area contributed by atoms with Crippen molar-refractivity contribution in [3.8, 4) is 0 Å². The van der Waals surface area contributed by atoms with Crippen LogP contribution in [0.1, 0.15) is 137 Å². The number of quaternary nitrogens is 2. The Morgan fingerprint density at radius 3 is 1.37 bits per heavy atom. The van der Waals surface area contributed by atoms with Gasteiger partial charge < -0.3 is 23.8 Å². The van der Waals surface area contributed by atoms with Crippen molar-refractivity contribution in [2.45, 2.75) is 134 Å². The largest absolute Gasteiger partial charge is 0.550 e. The van der Waals surface area contributed by atoms with Gasteiger partial charge in [-0.2, -0.15) is 0 Å². The summed E-state index contributed by atoms with van der Waals surface area (Å²) < 4.78 is 2.56. The molecule has 2 aromatic rings. The Labute approximate surface area is 304 Å². The van der Waals surface area contributed by atoms with Crippen molar-refractivity contribution >= 4 is 17.3 Å². The van der Waals surface area contributed by atoms with Gasteiger partial charge in [0.15, 0.2) is 0 Å². The molecule has 2 aromatic carbocycles. The highest BCUT2D eigenvalue weighted by Gasteiger charge is 2.24. The van der Waals surface area contributed by atoms with E-state index >= 15 is 0 Å². The van der Waals surface area contributed by atoms with E-state index in [4.69, 9.17) is 0 Å². The zero-order valence-corrected chi connectivity index (χ0v) is 34.3. The summed E-state index contributed by atoms with van der Waals surface area (Å²) in [7, 11) is 0. The van der Waals surface area contributed by atoms with E-state index in [9.17, 15) is 9.90 Å². The lowest BCUT2D eigenvalue weighted by Gasteiger charge is -2.34. The minimum absolute atomic E-state index is 0.0329. The highest BCUT2D eigenvalue weighted by molar-refractivity contribution is 5.76. The predicted molar refractivity (Wildman–Crippen MR) is 213 cm³/mol. The van der Waals surface area contributed by atoms with E-state index in [1.54, 1.807) is 0 Å². The van der Waals surface area contributed by atoms with Crippen LogP contribution in [-0.4, -0.2) is 73.8 Å². The Morgan fingerprint density at radius 2 is 1.00 bits per heavy atom. The number of benzene rings is 2. The van der Waals surface area contributed by atoms with Crippen LogP contribution >= 0.6 is 0 Å². The van der Waals surface area contributed by atoms with Crippen LogP contribution in [0.15, 0.2) is 36.4 Å². The fourth-order valence-electron chi connectivity index (χ4n) is 7.59. The van der Waals surface area contributed by atoms with Gasteiger partial charge in [0.25, 0.3) is 0 Å². The second-order valence-electron chi connectivity index (χ2n) is 14.4. The van der Waals surface area contributed by atoms with Crippen molar-refractivity contribution in [1.82, 2.24) is 0 Å². The highest BCUT2D eigenvalue weighted by Crippen LogP contribution is 2.40. The Bertz CT molecular complexity index is 1140. The van der Waals surface area contributed by atoms with Gasteiger partial charge in [0.2, 0.25) is 0 Å². The molecular formula is C44H78N3O2+. The fraction of sp³-hybridized carbons (Fsp3) is 0.705. The van der Waals surface area contributed by atoms with Crippen molar-refractivity contribution in [3.05, 3.63) is 58.7 Å². The number of nitrogens with zero attached hydrogens (tertiary/aromatic N) is 3. The second kappa shape index (κ2) is 23.2. The number of rotatable bonds is 19. The fourth-order valence-corrected chi connectivity index (χ4v) is 7.59. The molecule has 5 nitrogen and oxygen atoms in total. The Morgan fingerprint density at radius 1 is 0.592 bits per heavy atom. The summed E-state index contributed by atoms with van der Waals surface area (Å²) in [5, 5.41) is 11.3. The van der Waals surface area contributed by atoms with Crippen molar-refractivity contribution in [1.29, 1.82) is 0 Å². The summed E-state index contributed by atoms with van der Waals surface area (Å²) in [5.74, 6) is 0.418. The smallest absolute Gasteiger partial charge is 0.0757 e. The van der Waals surface area contributed by atoms with Crippen molar-refractivity contribution in [2.75, 3.05) is 63.8 Å². The van der Waals surface area contributed by atoms with Crippen LogP contribution in [0.2, 0.25) is 0 Å². The van der Waals surface area contributed by atoms with Crippen LogP contribution in [-0.2, 0) is 24.1 Å². The zero-order chi connectivity index (χ0) is 37.0. The first-order valence-electron chi connectivity index (χ1n) is 20.4. The molecule has 0 fully saturated rings. The van der Waals surface area contributed by atoms with Gasteiger partial charge in [0, 0.05) is 36.7 Å². The van der Waals surface area contributed by atoms with E-state index in [0.29, 0.717) is 12.5 Å². The molecule has 0 bridgehead atoms. The standard InChI is InChI=1S/C28H39NO2.2C8H20N/c1-5-20(6-2)15-22-10-12-26-25(17-22)19-24-11-9-23(16-21(7-3)8-4)18-27(24)29(26)14-13-28(30)31;2*1-5-9(6-2,7-3)8-4/h9-12,17-18,20-21H,5-8,13-16,19H2,1-4H3,(H,30,31);2*5-8H2,1-4H3/q;2*+1/p-1. The maximum absolute atomic E-state index is 11.3. The number of carboxylic acid groups (broad SMARTS) is 1. The average molecular weight is 681 g/mol. The Balaban J connectivity index is 0.000000547. The second-order valence-corrected chi connectivity index (χ2v) is 14.4. The maximum atomic E-state index is 11.3. The molecule has 0 spiro atoms. The molecule has 0 amide bonds.